The molecule has 0 saturated heterocycles. The van der Waals surface area contributed by atoms with Crippen LogP contribution in [0.25, 0.3) is 0 Å². The maximum Gasteiger partial charge on any atom is 0.416 e. The van der Waals surface area contributed by atoms with Crippen molar-refractivity contribution >= 4 is 23.3 Å². The number of nitrogens with one attached hydrogen (secondary N) is 3. The van der Waals surface area contributed by atoms with Crippen molar-refractivity contribution in [3.05, 3.63) is 72.1 Å². The Morgan fingerprint density at radius 3 is 2.42 bits per heavy atom. The number of anilines is 2. The summed E-state index contributed by atoms with van der Waals surface area (Å²) in [4.78, 5) is 28.0. The molecule has 0 aliphatic carbocycles. The van der Waals surface area contributed by atoms with E-state index in [0.29, 0.717) is 17.2 Å². The summed E-state index contributed by atoms with van der Waals surface area (Å²) in [7, 11) is 2.76. The highest BCUT2D eigenvalue weighted by Crippen LogP contribution is 2.35. The zero-order valence-electron chi connectivity index (χ0n) is 17.5. The average Bonchev–Trinajstić information content (AvgIpc) is 2.78. The fraction of sp³-hybridized carbons (Fsp3) is 0.136. The molecule has 2 aromatic carbocycles. The number of nitrogens with zero attached hydrogens (tertiary/aromatic N) is 1. The molecule has 0 aliphatic rings. The van der Waals surface area contributed by atoms with Crippen molar-refractivity contribution in [2.75, 3.05) is 24.8 Å². The van der Waals surface area contributed by atoms with Gasteiger partial charge >= 0.3 is 12.2 Å². The Kier molecular flexibility index (Phi) is 7.01. The van der Waals surface area contributed by atoms with Crippen LogP contribution in [0.15, 0.2) is 60.8 Å². The van der Waals surface area contributed by atoms with Crippen LogP contribution in [0, 0.1) is 0 Å². The van der Waals surface area contributed by atoms with Gasteiger partial charge in [0.2, 0.25) is 0 Å². The van der Waals surface area contributed by atoms with Crippen molar-refractivity contribution in [3.8, 4) is 17.2 Å². The summed E-state index contributed by atoms with van der Waals surface area (Å²) in [6.45, 7) is 0. The van der Waals surface area contributed by atoms with E-state index in [9.17, 15) is 22.8 Å². The van der Waals surface area contributed by atoms with E-state index < -0.39 is 17.8 Å². The van der Waals surface area contributed by atoms with Gasteiger partial charge in [0.1, 0.15) is 22.9 Å². The van der Waals surface area contributed by atoms with E-state index in [2.05, 4.69) is 20.9 Å². The van der Waals surface area contributed by atoms with Crippen molar-refractivity contribution in [3.63, 3.8) is 0 Å². The van der Waals surface area contributed by atoms with Gasteiger partial charge < -0.3 is 25.4 Å². The molecule has 0 unspecified atom stereocenters. The van der Waals surface area contributed by atoms with E-state index in [-0.39, 0.29) is 23.0 Å². The molecule has 1 aromatic heterocycles. The fourth-order valence-corrected chi connectivity index (χ4v) is 2.77. The molecule has 1 heterocycles. The first-order chi connectivity index (χ1) is 15.7. The molecule has 3 N–H and O–H groups in total. The predicted octanol–water partition coefficient (Wildman–Crippen LogP) is 4.90. The summed E-state index contributed by atoms with van der Waals surface area (Å²) in [5, 5.41) is 7.33. The first-order valence-electron chi connectivity index (χ1n) is 9.49. The minimum atomic E-state index is -4.57. The van der Waals surface area contributed by atoms with Gasteiger partial charge in [0.05, 0.1) is 18.4 Å². The number of carbonyl (C=O) groups excluding carboxylic acids is 2. The lowest BCUT2D eigenvalue weighted by Crippen LogP contribution is -2.20. The largest absolute Gasteiger partial charge is 0.495 e. The third-order valence-electron chi connectivity index (χ3n) is 4.29. The number of ether oxygens (including phenoxy) is 2. The predicted molar refractivity (Wildman–Crippen MR) is 115 cm³/mol. The molecule has 3 aromatic rings. The molecular weight excluding hydrogens is 441 g/mol. The lowest BCUT2D eigenvalue weighted by atomic mass is 10.2. The van der Waals surface area contributed by atoms with Gasteiger partial charge in [0.15, 0.2) is 0 Å². The smallest absolute Gasteiger partial charge is 0.416 e. The molecule has 0 radical (unpaired) electrons. The normalized spacial score (nSPS) is 10.8. The highest BCUT2D eigenvalue weighted by atomic mass is 19.4. The molecule has 0 aliphatic heterocycles. The molecule has 0 spiro atoms. The summed E-state index contributed by atoms with van der Waals surface area (Å²) in [6, 6.07) is 11.3. The third-order valence-corrected chi connectivity index (χ3v) is 4.29. The summed E-state index contributed by atoms with van der Waals surface area (Å²) < 4.78 is 49.7. The lowest BCUT2D eigenvalue weighted by molar-refractivity contribution is -0.137. The number of amides is 3. The number of hydrogen-bond donors (Lipinski definition) is 3. The second-order valence-electron chi connectivity index (χ2n) is 6.58. The Balaban J connectivity index is 1.72. The van der Waals surface area contributed by atoms with Crippen LogP contribution in [0.1, 0.15) is 16.1 Å². The molecule has 0 bridgehead atoms. The number of carbonyl (C=O) groups is 2. The van der Waals surface area contributed by atoms with Crippen LogP contribution in [0.4, 0.5) is 29.3 Å². The number of pyridine rings is 1. The Morgan fingerprint density at radius 1 is 0.970 bits per heavy atom. The lowest BCUT2D eigenvalue weighted by Gasteiger charge is -2.14. The second kappa shape index (κ2) is 9.90. The maximum absolute atomic E-state index is 13.0. The van der Waals surface area contributed by atoms with Gasteiger partial charge in [-0.15, -0.1) is 0 Å². The minimum absolute atomic E-state index is 0.0693. The van der Waals surface area contributed by atoms with Crippen LogP contribution >= 0.6 is 0 Å². The van der Waals surface area contributed by atoms with Crippen molar-refractivity contribution in [1.29, 1.82) is 0 Å². The van der Waals surface area contributed by atoms with Crippen LogP contribution < -0.4 is 25.4 Å². The monoisotopic (exact) mass is 460 g/mol. The van der Waals surface area contributed by atoms with Gasteiger partial charge in [-0.1, -0.05) is 6.07 Å². The highest BCUT2D eigenvalue weighted by molar-refractivity contribution is 6.00. The highest BCUT2D eigenvalue weighted by Gasteiger charge is 2.31. The van der Waals surface area contributed by atoms with Crippen LogP contribution in [-0.2, 0) is 6.18 Å². The molecular formula is C22H19F3N4O4. The molecule has 33 heavy (non-hydrogen) atoms. The van der Waals surface area contributed by atoms with E-state index in [4.69, 9.17) is 9.47 Å². The number of rotatable bonds is 6. The van der Waals surface area contributed by atoms with Crippen LogP contribution in [0.2, 0.25) is 0 Å². The van der Waals surface area contributed by atoms with Gasteiger partial charge in [-0.25, -0.2) is 4.79 Å². The Bertz CT molecular complexity index is 1170. The average molecular weight is 460 g/mol. The molecule has 3 rings (SSSR count). The van der Waals surface area contributed by atoms with Crippen LogP contribution in [-0.4, -0.2) is 31.1 Å². The number of halogens is 3. The molecule has 0 saturated carbocycles. The van der Waals surface area contributed by atoms with Crippen LogP contribution in [0.3, 0.4) is 0 Å². The first-order valence-corrected chi connectivity index (χ1v) is 9.49. The van der Waals surface area contributed by atoms with Gasteiger partial charge in [-0.05, 0) is 36.4 Å². The van der Waals surface area contributed by atoms with E-state index in [1.807, 2.05) is 0 Å². The number of aromatic nitrogens is 1. The number of benzene rings is 2. The fourth-order valence-electron chi connectivity index (χ4n) is 2.77. The number of methoxy groups -OCH3 is 1. The molecule has 3 amide bonds. The van der Waals surface area contributed by atoms with E-state index >= 15 is 0 Å². The van der Waals surface area contributed by atoms with E-state index in [1.165, 1.54) is 32.5 Å². The SMILES string of the molecule is CNC(=O)c1cc(Oc2cccc(NC(=O)Nc3cc(C(F)(F)F)ccc3OC)c2)ccn1. The Morgan fingerprint density at radius 2 is 1.73 bits per heavy atom. The number of alkyl halides is 3. The van der Waals surface area contributed by atoms with E-state index in [1.54, 1.807) is 24.3 Å². The molecule has 0 fully saturated rings. The second-order valence-corrected chi connectivity index (χ2v) is 6.58. The standard InChI is InChI=1S/C22H19F3N4O4/c1-26-20(30)18-12-16(8-9-27-18)33-15-5-3-4-14(11-15)28-21(31)29-17-10-13(22(23,24)25)6-7-19(17)32-2/h3-12H,1-2H3,(H,26,30)(H2,28,29,31). The van der Waals surface area contributed by atoms with Gasteiger partial charge in [-0.2, -0.15) is 13.2 Å². The Hall–Kier alpha value is -4.28. The summed E-state index contributed by atoms with van der Waals surface area (Å²) in [6.07, 6.45) is -3.16. The Labute approximate surface area is 186 Å². The van der Waals surface area contributed by atoms with E-state index in [0.717, 1.165) is 18.2 Å². The van der Waals surface area contributed by atoms with Crippen molar-refractivity contribution in [2.24, 2.45) is 0 Å². The van der Waals surface area contributed by atoms with Gasteiger partial charge in [0, 0.05) is 31.1 Å². The maximum atomic E-state index is 13.0. The number of hydrogen-bond acceptors (Lipinski definition) is 5. The van der Waals surface area contributed by atoms with Gasteiger partial charge in [-0.3, -0.25) is 9.78 Å². The summed E-state index contributed by atoms with van der Waals surface area (Å²) in [5.74, 6) is 0.384. The van der Waals surface area contributed by atoms with Crippen molar-refractivity contribution < 1.29 is 32.2 Å². The molecule has 0 atom stereocenters. The van der Waals surface area contributed by atoms with Gasteiger partial charge in [0.25, 0.3) is 5.91 Å². The number of urea groups is 1. The summed E-state index contributed by atoms with van der Waals surface area (Å²) in [5.41, 5.74) is -0.589. The summed E-state index contributed by atoms with van der Waals surface area (Å²) >= 11 is 0. The van der Waals surface area contributed by atoms with Crippen molar-refractivity contribution in [1.82, 2.24) is 10.3 Å². The molecule has 8 nitrogen and oxygen atoms in total. The zero-order chi connectivity index (χ0) is 24.0. The quantitative estimate of drug-likeness (QED) is 0.486. The zero-order valence-corrected chi connectivity index (χ0v) is 17.5. The first kappa shape index (κ1) is 23.4. The topological polar surface area (TPSA) is 102 Å². The molecule has 172 valence electrons. The van der Waals surface area contributed by atoms with Crippen LogP contribution in [0.5, 0.6) is 17.2 Å². The van der Waals surface area contributed by atoms with Crippen molar-refractivity contribution in [2.45, 2.75) is 6.18 Å². The third kappa shape index (κ3) is 6.12. The molecule has 11 heteroatoms. The minimum Gasteiger partial charge on any atom is -0.495 e.